The molecule has 96 valence electrons. The van der Waals surface area contributed by atoms with Gasteiger partial charge in [0.1, 0.15) is 5.75 Å². The van der Waals surface area contributed by atoms with Gasteiger partial charge in [0.05, 0.1) is 0 Å². The van der Waals surface area contributed by atoms with Gasteiger partial charge in [0.15, 0.2) is 15.7 Å². The van der Waals surface area contributed by atoms with E-state index in [-0.39, 0.29) is 17.5 Å². The molecule has 0 bridgehead atoms. The average Bonchev–Trinajstić information content (AvgIpc) is 2.68. The second kappa shape index (κ2) is 4.84. The van der Waals surface area contributed by atoms with E-state index in [1.807, 2.05) is 6.07 Å². The number of halogens is 1. The molecule has 0 aliphatic heterocycles. The summed E-state index contributed by atoms with van der Waals surface area (Å²) in [6.07, 6.45) is 1.12. The molecule has 0 aliphatic rings. The molecule has 0 saturated heterocycles. The lowest BCUT2D eigenvalue weighted by Gasteiger charge is -1.99. The van der Waals surface area contributed by atoms with Crippen LogP contribution >= 0.6 is 22.6 Å². The van der Waals surface area contributed by atoms with E-state index in [4.69, 9.17) is 10.3 Å². The van der Waals surface area contributed by atoms with Crippen LogP contribution in [-0.4, -0.2) is 24.8 Å². The lowest BCUT2D eigenvalue weighted by molar-refractivity contribution is 0.424. The third kappa shape index (κ3) is 3.19. The van der Waals surface area contributed by atoms with E-state index >= 15 is 0 Å². The minimum absolute atomic E-state index is 0.143. The maximum absolute atomic E-state index is 11.1. The molecule has 0 spiro atoms. The summed E-state index contributed by atoms with van der Waals surface area (Å²) in [6, 6.07) is 5.32. The predicted molar refractivity (Wildman–Crippen MR) is 75.4 cm³/mol. The van der Waals surface area contributed by atoms with Crippen LogP contribution in [0.25, 0.3) is 11.5 Å². The van der Waals surface area contributed by atoms with Crippen molar-refractivity contribution in [3.8, 4) is 11.5 Å². The summed E-state index contributed by atoms with van der Waals surface area (Å²) in [7, 11) is -3.17. The van der Waals surface area contributed by atoms with Gasteiger partial charge in [0.25, 0.3) is 5.89 Å². The van der Waals surface area contributed by atoms with E-state index in [1.165, 1.54) is 0 Å². The van der Waals surface area contributed by atoms with Crippen molar-refractivity contribution >= 4 is 38.1 Å². The molecule has 0 fully saturated rings. The molecule has 0 saturated carbocycles. The summed E-state index contributed by atoms with van der Waals surface area (Å²) >= 11 is 2.11. The highest BCUT2D eigenvalue weighted by atomic mass is 127. The minimum atomic E-state index is -3.17. The topological polar surface area (TPSA) is 99.1 Å². The van der Waals surface area contributed by atoms with Gasteiger partial charge in [-0.2, -0.15) is 4.98 Å². The molecule has 8 heteroatoms. The van der Waals surface area contributed by atoms with Crippen molar-refractivity contribution in [2.24, 2.45) is 0 Å². The third-order valence-corrected chi connectivity index (χ3v) is 3.87. The van der Waals surface area contributed by atoms with Crippen molar-refractivity contribution in [2.45, 2.75) is 5.75 Å². The van der Waals surface area contributed by atoms with Crippen LogP contribution in [0.4, 0.5) is 5.69 Å². The summed E-state index contributed by atoms with van der Waals surface area (Å²) in [4.78, 5) is 4.02. The number of nitrogens with zero attached hydrogens (tertiary/aromatic N) is 2. The lowest BCUT2D eigenvalue weighted by atomic mass is 10.2. The molecule has 0 amide bonds. The second-order valence-electron chi connectivity index (χ2n) is 3.82. The summed E-state index contributed by atoms with van der Waals surface area (Å²) < 4.78 is 28.1. The van der Waals surface area contributed by atoms with E-state index < -0.39 is 9.84 Å². The fourth-order valence-corrected chi connectivity index (χ4v) is 2.26. The molecule has 0 aliphatic carbocycles. The van der Waals surface area contributed by atoms with Crippen molar-refractivity contribution in [1.82, 2.24) is 10.1 Å². The highest BCUT2D eigenvalue weighted by Gasteiger charge is 2.13. The van der Waals surface area contributed by atoms with E-state index in [2.05, 4.69) is 32.7 Å². The Labute approximate surface area is 118 Å². The van der Waals surface area contributed by atoms with Gasteiger partial charge in [-0.25, -0.2) is 8.42 Å². The van der Waals surface area contributed by atoms with Crippen molar-refractivity contribution in [2.75, 3.05) is 12.0 Å². The number of hydrogen-bond donors (Lipinski definition) is 1. The van der Waals surface area contributed by atoms with Crippen molar-refractivity contribution in [1.29, 1.82) is 0 Å². The molecule has 2 rings (SSSR count). The number of sulfone groups is 1. The van der Waals surface area contributed by atoms with E-state index in [0.717, 1.165) is 9.83 Å². The monoisotopic (exact) mass is 379 g/mol. The first-order valence-electron chi connectivity index (χ1n) is 4.91. The Morgan fingerprint density at radius 1 is 1.44 bits per heavy atom. The first-order valence-corrected chi connectivity index (χ1v) is 8.05. The van der Waals surface area contributed by atoms with Gasteiger partial charge in [-0.05, 0) is 40.8 Å². The zero-order valence-electron chi connectivity index (χ0n) is 9.42. The number of aromatic nitrogens is 2. The van der Waals surface area contributed by atoms with Crippen LogP contribution in [0.3, 0.4) is 0 Å². The normalized spacial score (nSPS) is 11.7. The largest absolute Gasteiger partial charge is 0.398 e. The van der Waals surface area contributed by atoms with Crippen LogP contribution in [0.5, 0.6) is 0 Å². The van der Waals surface area contributed by atoms with E-state index in [0.29, 0.717) is 11.3 Å². The maximum Gasteiger partial charge on any atom is 0.258 e. The number of hydrogen-bond acceptors (Lipinski definition) is 6. The average molecular weight is 379 g/mol. The molecule has 1 aromatic heterocycles. The Kier molecular flexibility index (Phi) is 3.57. The van der Waals surface area contributed by atoms with Crippen LogP contribution in [0, 0.1) is 3.57 Å². The van der Waals surface area contributed by atoms with Gasteiger partial charge >= 0.3 is 0 Å². The van der Waals surface area contributed by atoms with Gasteiger partial charge in [-0.1, -0.05) is 5.16 Å². The number of nitrogens with two attached hydrogens (primary N) is 1. The zero-order valence-corrected chi connectivity index (χ0v) is 12.4. The highest BCUT2D eigenvalue weighted by molar-refractivity contribution is 14.1. The van der Waals surface area contributed by atoms with Crippen LogP contribution in [-0.2, 0) is 15.6 Å². The minimum Gasteiger partial charge on any atom is -0.398 e. The van der Waals surface area contributed by atoms with Crippen LogP contribution in [0.2, 0.25) is 0 Å². The number of anilines is 1. The number of nitrogen functional groups attached to an aromatic ring is 1. The third-order valence-electron chi connectivity index (χ3n) is 2.10. The van der Waals surface area contributed by atoms with Gasteiger partial charge < -0.3 is 10.3 Å². The quantitative estimate of drug-likeness (QED) is 0.641. The van der Waals surface area contributed by atoms with Crippen molar-refractivity contribution in [3.05, 3.63) is 27.6 Å². The van der Waals surface area contributed by atoms with Crippen molar-refractivity contribution < 1.29 is 12.9 Å². The lowest BCUT2D eigenvalue weighted by Crippen LogP contribution is -2.02. The first kappa shape index (κ1) is 13.3. The highest BCUT2D eigenvalue weighted by Crippen LogP contribution is 2.23. The van der Waals surface area contributed by atoms with Gasteiger partial charge in [-0.15, -0.1) is 0 Å². The van der Waals surface area contributed by atoms with Gasteiger partial charge in [0.2, 0.25) is 0 Å². The predicted octanol–water partition coefficient (Wildman–Crippen LogP) is 1.47. The molecule has 0 atom stereocenters. The number of rotatable bonds is 3. The Balaban J connectivity index is 2.32. The Bertz CT molecular complexity index is 681. The molecule has 2 aromatic rings. The fraction of sp³-hybridized carbons (Fsp3) is 0.200. The molecular weight excluding hydrogens is 369 g/mol. The molecule has 0 radical (unpaired) electrons. The van der Waals surface area contributed by atoms with E-state index in [9.17, 15) is 8.42 Å². The maximum atomic E-state index is 11.1. The molecule has 0 unspecified atom stereocenters. The summed E-state index contributed by atoms with van der Waals surface area (Å²) in [5, 5.41) is 3.62. The summed E-state index contributed by atoms with van der Waals surface area (Å²) in [5.74, 6) is 0.164. The van der Waals surface area contributed by atoms with Gasteiger partial charge in [0, 0.05) is 21.1 Å². The molecule has 1 heterocycles. The number of benzene rings is 1. The molecule has 18 heavy (non-hydrogen) atoms. The summed E-state index contributed by atoms with van der Waals surface area (Å²) in [6.45, 7) is 0. The molecule has 1 aromatic carbocycles. The smallest absolute Gasteiger partial charge is 0.258 e. The van der Waals surface area contributed by atoms with Crippen LogP contribution in [0.1, 0.15) is 5.82 Å². The van der Waals surface area contributed by atoms with E-state index in [1.54, 1.807) is 12.1 Å². The Morgan fingerprint density at radius 2 is 2.17 bits per heavy atom. The standard InChI is InChI=1S/C10H10IN3O3S/c1-18(15,16)5-9-13-10(17-14-9)6-2-3-7(11)8(12)4-6/h2-4H,5,12H2,1H3. The van der Waals surface area contributed by atoms with Crippen LogP contribution in [0.15, 0.2) is 22.7 Å². The Hall–Kier alpha value is -1.16. The van der Waals surface area contributed by atoms with Gasteiger partial charge in [-0.3, -0.25) is 0 Å². The zero-order chi connectivity index (χ0) is 13.3. The SMILES string of the molecule is CS(=O)(=O)Cc1noc(-c2ccc(I)c(N)c2)n1. The second-order valence-corrected chi connectivity index (χ2v) is 7.12. The fourth-order valence-electron chi connectivity index (χ4n) is 1.34. The molecular formula is C10H10IN3O3S. The van der Waals surface area contributed by atoms with Crippen LogP contribution < -0.4 is 5.73 Å². The molecule has 6 nitrogen and oxygen atoms in total. The van der Waals surface area contributed by atoms with Crippen molar-refractivity contribution in [3.63, 3.8) is 0 Å². The Morgan fingerprint density at radius 3 is 2.78 bits per heavy atom. The summed E-state index contributed by atoms with van der Waals surface area (Å²) in [5.41, 5.74) is 7.05. The molecule has 2 N–H and O–H groups in total. The first-order chi connectivity index (χ1) is 8.35.